The van der Waals surface area contributed by atoms with Gasteiger partial charge in [0.25, 0.3) is 0 Å². The summed E-state index contributed by atoms with van der Waals surface area (Å²) in [4.78, 5) is 30.1. The molecule has 172 valence electrons. The average molecular weight is 442 g/mol. The van der Waals surface area contributed by atoms with Crippen molar-refractivity contribution in [1.82, 2.24) is 24.9 Å². The van der Waals surface area contributed by atoms with Gasteiger partial charge in [-0.2, -0.15) is 10.0 Å². The Bertz CT molecular complexity index is 957. The topological polar surface area (TPSA) is 88.9 Å². The summed E-state index contributed by atoms with van der Waals surface area (Å²) in [6, 6.07) is 5.26. The van der Waals surface area contributed by atoms with Crippen LogP contribution in [0.5, 0.6) is 11.5 Å². The third kappa shape index (κ3) is 3.81. The second kappa shape index (κ2) is 9.20. The van der Waals surface area contributed by atoms with Crippen molar-refractivity contribution >= 4 is 11.9 Å². The molecule has 1 aliphatic heterocycles. The van der Waals surface area contributed by atoms with E-state index in [0.29, 0.717) is 18.0 Å². The maximum Gasteiger partial charge on any atom is 0.339 e. The van der Waals surface area contributed by atoms with E-state index in [0.717, 1.165) is 37.7 Å². The molecule has 4 rings (SSSR count). The van der Waals surface area contributed by atoms with Gasteiger partial charge in [-0.3, -0.25) is 4.79 Å². The second-order valence-corrected chi connectivity index (χ2v) is 8.31. The summed E-state index contributed by atoms with van der Waals surface area (Å²) < 4.78 is 13.7. The normalized spacial score (nSPS) is 21.8. The summed E-state index contributed by atoms with van der Waals surface area (Å²) in [5, 5.41) is 5.66. The van der Waals surface area contributed by atoms with E-state index in [1.165, 1.54) is 5.01 Å². The number of urea groups is 1. The van der Waals surface area contributed by atoms with Crippen molar-refractivity contribution in [3.05, 3.63) is 42.5 Å². The summed E-state index contributed by atoms with van der Waals surface area (Å²) in [7, 11) is 3.37. The van der Waals surface area contributed by atoms with E-state index >= 15 is 0 Å². The molecule has 1 unspecified atom stereocenters. The highest BCUT2D eigenvalue weighted by atomic mass is 16.5. The Morgan fingerprint density at radius 2 is 2.06 bits per heavy atom. The quantitative estimate of drug-likeness (QED) is 0.710. The lowest BCUT2D eigenvalue weighted by Crippen LogP contribution is -2.54. The van der Waals surface area contributed by atoms with Crippen LogP contribution in [0.15, 0.2) is 36.9 Å². The molecule has 3 amide bonds. The van der Waals surface area contributed by atoms with Gasteiger partial charge in [0.1, 0.15) is 0 Å². The van der Waals surface area contributed by atoms with Crippen LogP contribution in [-0.4, -0.2) is 58.3 Å². The molecule has 32 heavy (non-hydrogen) atoms. The number of benzene rings is 1. The zero-order chi connectivity index (χ0) is 22.7. The van der Waals surface area contributed by atoms with Crippen LogP contribution in [0.25, 0.3) is 0 Å². The van der Waals surface area contributed by atoms with Crippen LogP contribution in [0.1, 0.15) is 51.0 Å². The largest absolute Gasteiger partial charge is 0.493 e. The number of ether oxygens (including phenoxy) is 2. The van der Waals surface area contributed by atoms with Crippen LogP contribution in [0, 0.1) is 0 Å². The van der Waals surface area contributed by atoms with Gasteiger partial charge in [0.15, 0.2) is 17.2 Å². The molecule has 9 nitrogen and oxygen atoms in total. The first-order valence-electron chi connectivity index (χ1n) is 11.2. The predicted molar refractivity (Wildman–Crippen MR) is 118 cm³/mol. The fourth-order valence-corrected chi connectivity index (χ4v) is 4.67. The number of carbonyl (C=O) groups excluding carboxylic acids is 2. The van der Waals surface area contributed by atoms with Gasteiger partial charge in [-0.1, -0.05) is 13.0 Å². The zero-order valence-corrected chi connectivity index (χ0v) is 18.9. The van der Waals surface area contributed by atoms with Crippen molar-refractivity contribution in [2.45, 2.75) is 57.2 Å². The highest BCUT2D eigenvalue weighted by molar-refractivity contribution is 5.96. The molecule has 0 bridgehead atoms. The van der Waals surface area contributed by atoms with Gasteiger partial charge in [-0.05, 0) is 49.8 Å². The first-order valence-corrected chi connectivity index (χ1v) is 11.2. The maximum absolute atomic E-state index is 13.1. The second-order valence-electron chi connectivity index (χ2n) is 8.31. The van der Waals surface area contributed by atoms with E-state index in [2.05, 4.69) is 10.3 Å². The van der Waals surface area contributed by atoms with Crippen molar-refractivity contribution in [1.29, 1.82) is 0 Å². The Labute approximate surface area is 188 Å². The van der Waals surface area contributed by atoms with Gasteiger partial charge < -0.3 is 19.4 Å². The number of carbonyl (C=O) groups is 2. The van der Waals surface area contributed by atoms with Crippen molar-refractivity contribution in [2.24, 2.45) is 0 Å². The number of hydrogen-bond donors (Lipinski definition) is 1. The van der Waals surface area contributed by atoms with Crippen LogP contribution in [0.4, 0.5) is 4.79 Å². The molecule has 1 aliphatic carbocycles. The summed E-state index contributed by atoms with van der Waals surface area (Å²) >= 11 is 0. The Morgan fingerprint density at radius 1 is 1.28 bits per heavy atom. The van der Waals surface area contributed by atoms with Crippen LogP contribution < -0.4 is 14.8 Å². The van der Waals surface area contributed by atoms with Crippen molar-refractivity contribution in [2.75, 3.05) is 20.7 Å². The molecule has 1 N–H and O–H groups in total. The lowest BCUT2D eigenvalue weighted by atomic mass is 9.95. The molecule has 2 fully saturated rings. The van der Waals surface area contributed by atoms with Gasteiger partial charge in [-0.25, -0.2) is 9.78 Å². The van der Waals surface area contributed by atoms with Crippen molar-refractivity contribution in [3.63, 3.8) is 0 Å². The molecule has 2 aliphatic rings. The van der Waals surface area contributed by atoms with Crippen LogP contribution in [-0.2, 0) is 10.5 Å². The molecular formula is C23H31N5O4. The minimum absolute atomic E-state index is 0.0780. The summed E-state index contributed by atoms with van der Waals surface area (Å²) in [5.74, 6) is 1.00. The molecule has 2 heterocycles. The van der Waals surface area contributed by atoms with Crippen LogP contribution >= 0.6 is 0 Å². The lowest BCUT2D eigenvalue weighted by molar-refractivity contribution is -0.132. The molecular weight excluding hydrogens is 410 g/mol. The number of aromatic nitrogens is 2. The van der Waals surface area contributed by atoms with Gasteiger partial charge >= 0.3 is 6.03 Å². The number of amides is 3. The summed E-state index contributed by atoms with van der Waals surface area (Å²) in [5.41, 5.74) is -0.150. The number of imidazole rings is 1. The molecule has 1 saturated carbocycles. The standard InChI is InChI=1S/C23H31N5O4/c1-4-11-25-22(30)28-21(29)15-23(26(28)2,27-13-12-24-16-27)17-9-10-19(31-3)20(14-17)32-18-7-5-6-8-18/h9-10,12-14,16,18H,4-8,11,15H2,1-3H3,(H,25,30). The van der Waals surface area contributed by atoms with Gasteiger partial charge in [0.2, 0.25) is 5.91 Å². The van der Waals surface area contributed by atoms with E-state index in [1.54, 1.807) is 37.9 Å². The molecule has 1 aromatic heterocycles. The highest BCUT2D eigenvalue weighted by Gasteiger charge is 2.53. The Balaban J connectivity index is 1.76. The maximum atomic E-state index is 13.1. The monoisotopic (exact) mass is 441 g/mol. The Hall–Kier alpha value is -3.07. The predicted octanol–water partition coefficient (Wildman–Crippen LogP) is 3.11. The molecule has 1 aromatic carbocycles. The summed E-state index contributed by atoms with van der Waals surface area (Å²) in [6.45, 7) is 2.46. The summed E-state index contributed by atoms with van der Waals surface area (Å²) in [6.07, 6.45) is 10.5. The molecule has 1 atom stereocenters. The fraction of sp³-hybridized carbons (Fsp3) is 0.522. The Morgan fingerprint density at radius 3 is 2.72 bits per heavy atom. The number of hydrogen-bond acceptors (Lipinski definition) is 6. The van der Waals surface area contributed by atoms with Crippen molar-refractivity contribution < 1.29 is 19.1 Å². The minimum Gasteiger partial charge on any atom is -0.493 e. The fourth-order valence-electron chi connectivity index (χ4n) is 4.67. The number of rotatable bonds is 7. The van der Waals surface area contributed by atoms with E-state index in [9.17, 15) is 9.59 Å². The first-order chi connectivity index (χ1) is 15.5. The number of hydrazine groups is 1. The zero-order valence-electron chi connectivity index (χ0n) is 18.9. The Kier molecular flexibility index (Phi) is 6.36. The molecule has 0 radical (unpaired) electrons. The number of nitrogens with one attached hydrogen (secondary N) is 1. The van der Waals surface area contributed by atoms with Gasteiger partial charge in [-0.15, -0.1) is 0 Å². The average Bonchev–Trinajstić information content (AvgIpc) is 3.54. The third-order valence-electron chi connectivity index (χ3n) is 6.34. The molecule has 0 spiro atoms. The van der Waals surface area contributed by atoms with Crippen molar-refractivity contribution in [3.8, 4) is 11.5 Å². The number of imide groups is 1. The van der Waals surface area contributed by atoms with E-state index < -0.39 is 11.7 Å². The highest BCUT2D eigenvalue weighted by Crippen LogP contribution is 2.43. The molecule has 2 aromatic rings. The van der Waals surface area contributed by atoms with E-state index in [1.807, 2.05) is 29.7 Å². The lowest BCUT2D eigenvalue weighted by Gasteiger charge is -2.39. The third-order valence-corrected chi connectivity index (χ3v) is 6.34. The van der Waals surface area contributed by atoms with Crippen LogP contribution in [0.2, 0.25) is 0 Å². The number of methoxy groups -OCH3 is 1. The first kappa shape index (κ1) is 22.1. The SMILES string of the molecule is CCCNC(=O)N1C(=O)CC(c2ccc(OC)c(OC3CCCC3)c2)(n2ccnc2)N1C. The van der Waals surface area contributed by atoms with Gasteiger partial charge in [0, 0.05) is 26.0 Å². The minimum atomic E-state index is -0.961. The van der Waals surface area contributed by atoms with E-state index in [-0.39, 0.29) is 18.4 Å². The molecule has 1 saturated heterocycles. The van der Waals surface area contributed by atoms with Gasteiger partial charge in [0.05, 0.1) is 26.0 Å². The van der Waals surface area contributed by atoms with Crippen LogP contribution in [0.3, 0.4) is 0 Å². The number of nitrogens with zero attached hydrogens (tertiary/aromatic N) is 4. The van der Waals surface area contributed by atoms with E-state index in [4.69, 9.17) is 9.47 Å². The molecule has 9 heteroatoms. The smallest absolute Gasteiger partial charge is 0.339 e.